The number of hydrogen-bond acceptors (Lipinski definition) is 4. The fourth-order valence-corrected chi connectivity index (χ4v) is 2.63. The minimum atomic E-state index is -4.62. The maximum atomic E-state index is 12.5. The van der Waals surface area contributed by atoms with E-state index < -0.39 is 20.5 Å². The van der Waals surface area contributed by atoms with Crippen LogP contribution in [-0.4, -0.2) is 14.2 Å². The lowest BCUT2D eigenvalue weighted by Crippen LogP contribution is -2.11. The van der Waals surface area contributed by atoms with Crippen LogP contribution in [0.2, 0.25) is 0 Å². The summed E-state index contributed by atoms with van der Waals surface area (Å²) in [6.07, 6.45) is 0. The monoisotopic (exact) mass is 322 g/mol. The molecule has 0 aliphatic rings. The molecule has 2 aromatic carbocycles. The van der Waals surface area contributed by atoms with Crippen LogP contribution in [0.4, 0.5) is 14.5 Å². The topological polar surface area (TPSA) is 70.0 Å². The zero-order valence-electron chi connectivity index (χ0n) is 11.3. The Hall–Kier alpha value is -2.46. The van der Waals surface area contributed by atoms with E-state index in [-0.39, 0.29) is 6.54 Å². The molecule has 0 saturated carbocycles. The lowest BCUT2D eigenvalue weighted by atomic mass is 10.1. The Kier molecular flexibility index (Phi) is 4.73. The molecule has 4 nitrogen and oxygen atoms in total. The smallest absolute Gasteiger partial charge is 0.341 e. The summed E-state index contributed by atoms with van der Waals surface area (Å²) < 4.78 is 47.9. The van der Waals surface area contributed by atoms with Crippen molar-refractivity contribution in [3.8, 4) is 6.07 Å². The van der Waals surface area contributed by atoms with Crippen LogP contribution in [0.5, 0.6) is 0 Å². The van der Waals surface area contributed by atoms with Gasteiger partial charge in [0.1, 0.15) is 0 Å². The fraction of sp³-hybridized carbons (Fsp3) is 0.133. The first-order valence-corrected chi connectivity index (χ1v) is 7.84. The first-order valence-electron chi connectivity index (χ1n) is 6.29. The normalized spacial score (nSPS) is 11.2. The standard InChI is InChI=1S/C15H12F2N2O2S/c16-15(17)22(20,21)14-7-3-6-13(8-14)19-10-12-5-2-1-4-11(12)9-18/h1-8,15,19H,10H2. The molecule has 0 bridgehead atoms. The first-order chi connectivity index (χ1) is 10.4. The van der Waals surface area contributed by atoms with Crippen molar-refractivity contribution in [3.63, 3.8) is 0 Å². The van der Waals surface area contributed by atoms with Crippen LogP contribution in [0.15, 0.2) is 53.4 Å². The van der Waals surface area contributed by atoms with E-state index in [9.17, 15) is 17.2 Å². The van der Waals surface area contributed by atoms with Gasteiger partial charge in [-0.15, -0.1) is 0 Å². The second kappa shape index (κ2) is 6.54. The molecule has 0 radical (unpaired) electrons. The Balaban J connectivity index is 2.20. The highest BCUT2D eigenvalue weighted by Gasteiger charge is 2.26. The Morgan fingerprint density at radius 3 is 2.55 bits per heavy atom. The van der Waals surface area contributed by atoms with Crippen LogP contribution in [0.3, 0.4) is 0 Å². The first kappa shape index (κ1) is 15.9. The summed E-state index contributed by atoms with van der Waals surface area (Å²) in [4.78, 5) is -0.443. The molecule has 2 rings (SSSR count). The van der Waals surface area contributed by atoms with E-state index in [4.69, 9.17) is 5.26 Å². The van der Waals surface area contributed by atoms with Gasteiger partial charge in [-0.25, -0.2) is 8.42 Å². The molecule has 22 heavy (non-hydrogen) atoms. The third-order valence-electron chi connectivity index (χ3n) is 3.02. The van der Waals surface area contributed by atoms with Gasteiger partial charge in [0.05, 0.1) is 16.5 Å². The summed E-state index contributed by atoms with van der Waals surface area (Å²) in [6.45, 7) is 0.280. The van der Waals surface area contributed by atoms with Crippen LogP contribution < -0.4 is 5.32 Å². The molecule has 0 amide bonds. The molecule has 0 spiro atoms. The number of rotatable bonds is 5. The van der Waals surface area contributed by atoms with Gasteiger partial charge in [0, 0.05) is 12.2 Å². The molecule has 0 aliphatic heterocycles. The molecule has 0 aromatic heterocycles. The molecule has 114 valence electrons. The predicted molar refractivity (Wildman–Crippen MR) is 78.1 cm³/mol. The summed E-state index contributed by atoms with van der Waals surface area (Å²) >= 11 is 0. The van der Waals surface area contributed by atoms with Crippen LogP contribution in [0, 0.1) is 11.3 Å². The van der Waals surface area contributed by atoms with Crippen molar-refractivity contribution in [2.45, 2.75) is 17.2 Å². The molecular formula is C15H12F2N2O2S. The predicted octanol–water partition coefficient (Wildman–Crippen LogP) is 3.17. The highest BCUT2D eigenvalue weighted by molar-refractivity contribution is 7.91. The Morgan fingerprint density at radius 2 is 1.86 bits per heavy atom. The number of nitrogens with one attached hydrogen (secondary N) is 1. The number of sulfone groups is 1. The molecule has 7 heteroatoms. The van der Waals surface area contributed by atoms with Crippen molar-refractivity contribution >= 4 is 15.5 Å². The summed E-state index contributed by atoms with van der Waals surface area (Å²) in [5.74, 6) is -3.46. The lowest BCUT2D eigenvalue weighted by Gasteiger charge is -2.10. The second-order valence-corrected chi connectivity index (χ2v) is 6.37. The van der Waals surface area contributed by atoms with Gasteiger partial charge in [0.25, 0.3) is 0 Å². The van der Waals surface area contributed by atoms with Gasteiger partial charge >= 0.3 is 5.76 Å². The maximum Gasteiger partial charge on any atom is 0.341 e. The number of nitriles is 1. The van der Waals surface area contributed by atoms with Crippen molar-refractivity contribution in [1.29, 1.82) is 5.26 Å². The molecule has 0 unspecified atom stereocenters. The molecule has 0 saturated heterocycles. The summed E-state index contributed by atoms with van der Waals surface area (Å²) in [7, 11) is -4.62. The maximum absolute atomic E-state index is 12.5. The number of anilines is 1. The molecule has 2 aromatic rings. The Labute approximate surface area is 126 Å². The number of nitrogens with zero attached hydrogens (tertiary/aromatic N) is 1. The van der Waals surface area contributed by atoms with Crippen LogP contribution >= 0.6 is 0 Å². The fourth-order valence-electron chi connectivity index (χ4n) is 1.87. The van der Waals surface area contributed by atoms with Crippen molar-refractivity contribution in [2.75, 3.05) is 5.32 Å². The van der Waals surface area contributed by atoms with E-state index in [0.29, 0.717) is 11.3 Å². The number of hydrogen-bond donors (Lipinski definition) is 1. The highest BCUT2D eigenvalue weighted by atomic mass is 32.2. The van der Waals surface area contributed by atoms with Gasteiger partial charge in [-0.2, -0.15) is 14.0 Å². The van der Waals surface area contributed by atoms with E-state index >= 15 is 0 Å². The van der Waals surface area contributed by atoms with Gasteiger partial charge in [0.2, 0.25) is 9.84 Å². The summed E-state index contributed by atoms with van der Waals surface area (Å²) in [5.41, 5.74) is 1.60. The van der Waals surface area contributed by atoms with Crippen molar-refractivity contribution < 1.29 is 17.2 Å². The third kappa shape index (κ3) is 3.40. The molecule has 0 heterocycles. The quantitative estimate of drug-likeness (QED) is 0.918. The van der Waals surface area contributed by atoms with E-state index in [1.807, 2.05) is 6.07 Å². The highest BCUT2D eigenvalue weighted by Crippen LogP contribution is 2.22. The van der Waals surface area contributed by atoms with Crippen molar-refractivity contribution in [1.82, 2.24) is 0 Å². The Morgan fingerprint density at radius 1 is 1.14 bits per heavy atom. The largest absolute Gasteiger partial charge is 0.381 e. The SMILES string of the molecule is N#Cc1ccccc1CNc1cccc(S(=O)(=O)C(F)F)c1. The zero-order valence-corrected chi connectivity index (χ0v) is 12.1. The lowest BCUT2D eigenvalue weighted by molar-refractivity contribution is 0.235. The van der Waals surface area contributed by atoms with Gasteiger partial charge in [-0.05, 0) is 29.8 Å². The molecule has 0 aliphatic carbocycles. The second-order valence-electron chi connectivity index (χ2n) is 4.46. The molecule has 1 N–H and O–H groups in total. The average Bonchev–Trinajstić information content (AvgIpc) is 2.53. The van der Waals surface area contributed by atoms with E-state index in [1.54, 1.807) is 30.3 Å². The Bertz CT molecular complexity index is 814. The van der Waals surface area contributed by atoms with Gasteiger partial charge < -0.3 is 5.32 Å². The third-order valence-corrected chi connectivity index (χ3v) is 4.40. The molecule has 0 atom stereocenters. The minimum Gasteiger partial charge on any atom is -0.381 e. The van der Waals surface area contributed by atoms with Crippen LogP contribution in [0.1, 0.15) is 11.1 Å². The van der Waals surface area contributed by atoms with Crippen molar-refractivity contribution in [3.05, 3.63) is 59.7 Å². The van der Waals surface area contributed by atoms with E-state index in [1.165, 1.54) is 6.07 Å². The minimum absolute atomic E-state index is 0.280. The van der Waals surface area contributed by atoms with E-state index in [2.05, 4.69) is 5.32 Å². The average molecular weight is 322 g/mol. The van der Waals surface area contributed by atoms with Crippen LogP contribution in [-0.2, 0) is 16.4 Å². The summed E-state index contributed by atoms with van der Waals surface area (Å²) in [6, 6.07) is 14.2. The van der Waals surface area contributed by atoms with Gasteiger partial charge in [-0.3, -0.25) is 0 Å². The molecular weight excluding hydrogens is 310 g/mol. The molecule has 0 fully saturated rings. The number of alkyl halides is 2. The van der Waals surface area contributed by atoms with Gasteiger partial charge in [-0.1, -0.05) is 24.3 Å². The zero-order chi connectivity index (χ0) is 16.2. The number of benzene rings is 2. The van der Waals surface area contributed by atoms with E-state index in [0.717, 1.165) is 17.7 Å². The number of halogens is 2. The van der Waals surface area contributed by atoms with Crippen molar-refractivity contribution in [2.24, 2.45) is 0 Å². The van der Waals surface area contributed by atoms with Gasteiger partial charge in [0.15, 0.2) is 0 Å². The van der Waals surface area contributed by atoms with Crippen LogP contribution in [0.25, 0.3) is 0 Å². The summed E-state index contributed by atoms with van der Waals surface area (Å²) in [5, 5.41) is 11.9.